The summed E-state index contributed by atoms with van der Waals surface area (Å²) in [6.45, 7) is 3.91. The van der Waals surface area contributed by atoms with Gasteiger partial charge in [-0.05, 0) is 24.1 Å². The number of ketones is 1. The Morgan fingerprint density at radius 2 is 1.66 bits per heavy atom. The topological polar surface area (TPSA) is 117 Å². The molecule has 1 N–H and O–H groups in total. The van der Waals surface area contributed by atoms with E-state index in [9.17, 15) is 19.2 Å². The molecule has 0 heterocycles. The summed E-state index contributed by atoms with van der Waals surface area (Å²) in [6, 6.07) is 2.81. The molecule has 0 aliphatic heterocycles. The lowest BCUT2D eigenvalue weighted by Gasteiger charge is -2.20. The minimum Gasteiger partial charge on any atom is -0.493 e. The summed E-state index contributed by atoms with van der Waals surface area (Å²) in [4.78, 5) is 48.8. The van der Waals surface area contributed by atoms with Crippen LogP contribution in [0.2, 0.25) is 0 Å². The van der Waals surface area contributed by atoms with Gasteiger partial charge in [-0.25, -0.2) is 4.79 Å². The maximum Gasteiger partial charge on any atom is 0.374 e. The van der Waals surface area contributed by atoms with Gasteiger partial charge in [-0.1, -0.05) is 6.08 Å². The minimum atomic E-state index is -1.23. The molecule has 1 aromatic rings. The van der Waals surface area contributed by atoms with Gasteiger partial charge in [0, 0.05) is 18.5 Å². The van der Waals surface area contributed by atoms with Crippen LogP contribution in [0.15, 0.2) is 24.8 Å². The van der Waals surface area contributed by atoms with Gasteiger partial charge in [0.05, 0.1) is 34.4 Å². The molecule has 0 aliphatic rings. The van der Waals surface area contributed by atoms with Crippen molar-refractivity contribution in [1.29, 1.82) is 0 Å². The Hall–Kier alpha value is -3.36. The fourth-order valence-corrected chi connectivity index (χ4v) is 2.61. The summed E-state index contributed by atoms with van der Waals surface area (Å²) in [5.74, 6) is -4.06. The number of Topliss-reactive ketones (excluding diaryl/α,β-unsaturated/α-hetero) is 1. The summed E-state index contributed by atoms with van der Waals surface area (Å²) in [5, 5.41) is 2.69. The number of rotatable bonds is 11. The van der Waals surface area contributed by atoms with Crippen LogP contribution >= 0.6 is 0 Å². The van der Waals surface area contributed by atoms with Crippen LogP contribution in [0.5, 0.6) is 11.5 Å². The quantitative estimate of drug-likeness (QED) is 0.253. The molecule has 1 unspecified atom stereocenters. The number of benzene rings is 1. The van der Waals surface area contributed by atoms with Gasteiger partial charge in [0.1, 0.15) is 0 Å². The van der Waals surface area contributed by atoms with Crippen LogP contribution in [0.25, 0.3) is 0 Å². The first-order valence-corrected chi connectivity index (χ1v) is 8.68. The van der Waals surface area contributed by atoms with Gasteiger partial charge in [0.25, 0.3) is 5.91 Å². The average molecular weight is 407 g/mol. The molecule has 0 spiro atoms. The van der Waals surface area contributed by atoms with Crippen molar-refractivity contribution in [3.05, 3.63) is 35.9 Å². The first kappa shape index (κ1) is 23.7. The van der Waals surface area contributed by atoms with E-state index in [-0.39, 0.29) is 22.6 Å². The molecule has 1 rings (SSSR count). The van der Waals surface area contributed by atoms with Gasteiger partial charge in [0.15, 0.2) is 11.5 Å². The molecule has 9 heteroatoms. The van der Waals surface area contributed by atoms with Gasteiger partial charge in [-0.2, -0.15) is 0 Å². The summed E-state index contributed by atoms with van der Waals surface area (Å²) < 4.78 is 19.7. The Kier molecular flexibility index (Phi) is 9.37. The summed E-state index contributed by atoms with van der Waals surface area (Å²) in [6.07, 6.45) is 1.64. The van der Waals surface area contributed by atoms with Crippen LogP contribution in [0.3, 0.4) is 0 Å². The smallest absolute Gasteiger partial charge is 0.374 e. The van der Waals surface area contributed by atoms with Crippen LogP contribution in [0.4, 0.5) is 0 Å². The number of carbonyl (C=O) groups excluding carboxylic acids is 4. The van der Waals surface area contributed by atoms with Gasteiger partial charge >= 0.3 is 11.9 Å². The Labute approximate surface area is 169 Å². The van der Waals surface area contributed by atoms with E-state index in [1.807, 2.05) is 0 Å². The SMILES string of the molecule is C=CCCNC(=O)c1cc(OC)c(OC)cc1C(CC(=O)C(=O)OC)C(=O)OC. The van der Waals surface area contributed by atoms with Gasteiger partial charge in [0.2, 0.25) is 5.78 Å². The Morgan fingerprint density at radius 3 is 2.17 bits per heavy atom. The zero-order chi connectivity index (χ0) is 22.0. The Bertz CT molecular complexity index is 787. The molecule has 29 heavy (non-hydrogen) atoms. The van der Waals surface area contributed by atoms with Crippen LogP contribution in [0.1, 0.15) is 34.7 Å². The van der Waals surface area contributed by atoms with Crippen molar-refractivity contribution in [2.75, 3.05) is 35.0 Å². The molecule has 1 aromatic carbocycles. The normalized spacial score (nSPS) is 11.0. The lowest BCUT2D eigenvalue weighted by molar-refractivity contribution is -0.153. The fraction of sp³-hybridized carbons (Fsp3) is 0.400. The van der Waals surface area contributed by atoms with E-state index in [1.165, 1.54) is 26.4 Å². The van der Waals surface area contributed by atoms with Crippen molar-refractivity contribution in [2.24, 2.45) is 0 Å². The molecule has 1 atom stereocenters. The monoisotopic (exact) mass is 407 g/mol. The summed E-state index contributed by atoms with van der Waals surface area (Å²) in [5.41, 5.74) is 0.239. The van der Waals surface area contributed by atoms with Crippen LogP contribution in [-0.2, 0) is 23.9 Å². The number of methoxy groups -OCH3 is 4. The number of amides is 1. The Balaban J connectivity index is 3.52. The number of esters is 2. The molecule has 0 radical (unpaired) electrons. The molecule has 9 nitrogen and oxygen atoms in total. The highest BCUT2D eigenvalue weighted by Crippen LogP contribution is 2.36. The van der Waals surface area contributed by atoms with E-state index in [0.717, 1.165) is 14.2 Å². The molecule has 0 fully saturated rings. The van der Waals surface area contributed by atoms with Crippen molar-refractivity contribution >= 4 is 23.6 Å². The first-order valence-electron chi connectivity index (χ1n) is 8.68. The highest BCUT2D eigenvalue weighted by atomic mass is 16.5. The molecule has 0 aromatic heterocycles. The summed E-state index contributed by atoms with van der Waals surface area (Å²) >= 11 is 0. The highest BCUT2D eigenvalue weighted by molar-refractivity contribution is 6.34. The number of ether oxygens (including phenoxy) is 4. The molecule has 0 bridgehead atoms. The molecular weight excluding hydrogens is 382 g/mol. The summed E-state index contributed by atoms with van der Waals surface area (Å²) in [7, 11) is 4.98. The number of carbonyl (C=O) groups is 4. The standard InChI is InChI=1S/C20H25NO8/c1-6-7-8-21-18(23)13-11-17(27-3)16(26-2)10-12(13)14(19(24)28-4)9-15(22)20(25)29-5/h6,10-11,14H,1,7-9H2,2-5H3,(H,21,23). The van der Waals surface area contributed by atoms with Crippen molar-refractivity contribution in [1.82, 2.24) is 5.32 Å². The maximum absolute atomic E-state index is 12.7. The van der Waals surface area contributed by atoms with Crippen molar-refractivity contribution in [3.8, 4) is 11.5 Å². The van der Waals surface area contributed by atoms with E-state index in [2.05, 4.69) is 16.6 Å². The third kappa shape index (κ3) is 6.06. The lowest BCUT2D eigenvalue weighted by atomic mass is 9.89. The molecule has 0 saturated carbocycles. The second kappa shape index (κ2) is 11.5. The largest absolute Gasteiger partial charge is 0.493 e. The van der Waals surface area contributed by atoms with E-state index in [4.69, 9.17) is 14.2 Å². The van der Waals surface area contributed by atoms with Crippen LogP contribution in [-0.4, -0.2) is 58.6 Å². The second-order valence-electron chi connectivity index (χ2n) is 5.82. The fourth-order valence-electron chi connectivity index (χ4n) is 2.61. The van der Waals surface area contributed by atoms with Crippen LogP contribution < -0.4 is 14.8 Å². The second-order valence-corrected chi connectivity index (χ2v) is 5.82. The lowest BCUT2D eigenvalue weighted by Crippen LogP contribution is -2.29. The van der Waals surface area contributed by atoms with E-state index in [0.29, 0.717) is 13.0 Å². The predicted octanol–water partition coefficient (Wildman–Crippen LogP) is 1.40. The minimum absolute atomic E-state index is 0.0831. The van der Waals surface area contributed by atoms with E-state index >= 15 is 0 Å². The van der Waals surface area contributed by atoms with Crippen LogP contribution in [0, 0.1) is 0 Å². The zero-order valence-electron chi connectivity index (χ0n) is 16.9. The molecular formula is C20H25NO8. The maximum atomic E-state index is 12.7. The molecule has 0 saturated heterocycles. The third-order valence-electron chi connectivity index (χ3n) is 4.10. The number of nitrogens with one attached hydrogen (secondary N) is 1. The van der Waals surface area contributed by atoms with Gasteiger partial charge < -0.3 is 24.3 Å². The van der Waals surface area contributed by atoms with Gasteiger partial charge in [-0.15, -0.1) is 6.58 Å². The number of hydrogen-bond acceptors (Lipinski definition) is 8. The third-order valence-corrected chi connectivity index (χ3v) is 4.10. The van der Waals surface area contributed by atoms with Crippen molar-refractivity contribution < 1.29 is 38.1 Å². The molecule has 0 aliphatic carbocycles. The van der Waals surface area contributed by atoms with E-state index in [1.54, 1.807) is 6.08 Å². The van der Waals surface area contributed by atoms with Crippen molar-refractivity contribution in [3.63, 3.8) is 0 Å². The molecule has 158 valence electrons. The number of hydrogen-bond donors (Lipinski definition) is 1. The predicted molar refractivity (Wildman–Crippen MR) is 103 cm³/mol. The highest BCUT2D eigenvalue weighted by Gasteiger charge is 2.32. The zero-order valence-corrected chi connectivity index (χ0v) is 16.9. The van der Waals surface area contributed by atoms with E-state index < -0.39 is 36.0 Å². The average Bonchev–Trinajstić information content (AvgIpc) is 2.75. The first-order chi connectivity index (χ1) is 13.8. The van der Waals surface area contributed by atoms with Crippen molar-refractivity contribution in [2.45, 2.75) is 18.8 Å². The Morgan fingerprint density at radius 1 is 1.03 bits per heavy atom. The van der Waals surface area contributed by atoms with Gasteiger partial charge in [-0.3, -0.25) is 14.4 Å². The molecule has 1 amide bonds.